The van der Waals surface area contributed by atoms with Crippen LogP contribution >= 0.6 is 0 Å². The molecule has 3 aromatic rings. The first kappa shape index (κ1) is 40.9. The van der Waals surface area contributed by atoms with Crippen LogP contribution in [0.2, 0.25) is 18.6 Å². The van der Waals surface area contributed by atoms with Crippen molar-refractivity contribution in [3.05, 3.63) is 77.9 Å². The summed E-state index contributed by atoms with van der Waals surface area (Å²) in [7, 11) is -0.483. The molecule has 6 atom stereocenters. The number of carbonyl (C=O) groups excluding carboxylic acids is 2. The topological polar surface area (TPSA) is 121 Å². The Morgan fingerprint density at radius 3 is 2.53 bits per heavy atom. The molecule has 3 aliphatic rings. The van der Waals surface area contributed by atoms with E-state index in [1.54, 1.807) is 7.11 Å². The van der Waals surface area contributed by atoms with Crippen LogP contribution in [0, 0.1) is 5.92 Å². The van der Waals surface area contributed by atoms with Crippen LogP contribution in [0.1, 0.15) is 63.5 Å². The summed E-state index contributed by atoms with van der Waals surface area (Å²) in [6.07, 6.45) is 5.43. The Balaban J connectivity index is 1.23. The van der Waals surface area contributed by atoms with Gasteiger partial charge in [-0.25, -0.2) is 0 Å². The molecule has 55 heavy (non-hydrogen) atoms. The summed E-state index contributed by atoms with van der Waals surface area (Å²) >= 11 is 0. The van der Waals surface area contributed by atoms with Crippen molar-refractivity contribution in [2.75, 3.05) is 44.9 Å². The van der Waals surface area contributed by atoms with Gasteiger partial charge in [0.15, 0.2) is 0 Å². The van der Waals surface area contributed by atoms with Crippen LogP contribution in [0.4, 0.5) is 11.4 Å². The largest absolute Gasteiger partial charge is 0.497 e. The second kappa shape index (κ2) is 18.5. The number of nitrogens with one attached hydrogen (secondary N) is 1. The van der Waals surface area contributed by atoms with Gasteiger partial charge < -0.3 is 34.6 Å². The Hall–Kier alpha value is -3.74. The minimum Gasteiger partial charge on any atom is -0.497 e. The third-order valence-electron chi connectivity index (χ3n) is 12.3. The van der Waals surface area contributed by atoms with E-state index in [0.717, 1.165) is 66.1 Å². The van der Waals surface area contributed by atoms with Gasteiger partial charge in [0.25, 0.3) is 0 Å². The van der Waals surface area contributed by atoms with Gasteiger partial charge in [-0.1, -0.05) is 49.5 Å². The molecule has 3 aromatic carbocycles. The number of hydrogen-bond acceptors (Lipinski definition) is 8. The van der Waals surface area contributed by atoms with Gasteiger partial charge in [-0.3, -0.25) is 14.5 Å². The van der Waals surface area contributed by atoms with E-state index in [0.29, 0.717) is 39.0 Å². The zero-order chi connectivity index (χ0) is 39.1. The quantitative estimate of drug-likeness (QED) is 0.118. The maximum absolute atomic E-state index is 14.1. The van der Waals surface area contributed by atoms with Gasteiger partial charge in [0.1, 0.15) is 11.5 Å². The van der Waals surface area contributed by atoms with E-state index >= 15 is 0 Å². The monoisotopic (exact) mass is 771 g/mol. The third kappa shape index (κ3) is 9.12. The van der Waals surface area contributed by atoms with E-state index < -0.39 is 8.07 Å². The highest BCUT2D eigenvalue weighted by molar-refractivity contribution is 6.91. The highest BCUT2D eigenvalue weighted by atomic mass is 28.3. The molecule has 0 aliphatic carbocycles. The molecule has 2 saturated heterocycles. The van der Waals surface area contributed by atoms with Gasteiger partial charge in [-0.2, -0.15) is 0 Å². The molecular formula is C44H61N3O7Si. The second-order valence-electron chi connectivity index (χ2n) is 16.1. The van der Waals surface area contributed by atoms with Crippen LogP contribution in [0.25, 0.3) is 0 Å². The second-order valence-corrected chi connectivity index (χ2v) is 20.8. The highest BCUT2D eigenvalue weighted by Gasteiger charge is 2.51. The number of likely N-dealkylation sites (tertiary alicyclic amines) is 1. The lowest BCUT2D eigenvalue weighted by Crippen LogP contribution is -2.51. The van der Waals surface area contributed by atoms with E-state index in [1.807, 2.05) is 59.2 Å². The number of benzene rings is 3. The van der Waals surface area contributed by atoms with Crippen molar-refractivity contribution in [1.82, 2.24) is 10.2 Å². The number of methoxy groups -OCH3 is 1. The van der Waals surface area contributed by atoms with Crippen molar-refractivity contribution in [2.45, 2.75) is 108 Å². The summed E-state index contributed by atoms with van der Waals surface area (Å²) in [5.74, 6) is 1.93. The number of nitrogens with zero attached hydrogens (tertiary/aromatic N) is 2. The molecule has 6 rings (SSSR count). The van der Waals surface area contributed by atoms with Crippen LogP contribution in [0.3, 0.4) is 0 Å². The molecule has 11 heteroatoms. The number of ether oxygens (including phenoxy) is 3. The van der Waals surface area contributed by atoms with E-state index in [1.165, 1.54) is 5.19 Å². The summed E-state index contributed by atoms with van der Waals surface area (Å²) in [5, 5.41) is 24.0. The van der Waals surface area contributed by atoms with Gasteiger partial charge in [-0.05, 0) is 123 Å². The number of anilines is 2. The standard InChI is InChI=1S/C44H61N3O7Si/c1-6-53-36-17-20-39-32(26-36)27-38(45-22-7-8-24-48)44(51)47(39)33-12-9-11-31(25-33)14-21-40-30(2)43(55(4,5)37-18-15-35(52-3)16-19-37)41(54-40)28-42(50)46-23-10-13-34(46)29-49/h9,11-12,15-20,25-26,30,34,38,40-41,43,45,48-49H,6-8,10,13-14,21-24,27-29H2,1-5H3/t30-,34+,38?,40+,41-,43+/m1/s1. The number of fused-ring (bicyclic) bond motifs is 1. The molecule has 3 aliphatic heterocycles. The minimum atomic E-state index is -2.17. The van der Waals surface area contributed by atoms with Crippen LogP contribution in [0.15, 0.2) is 66.7 Å². The van der Waals surface area contributed by atoms with E-state index in [4.69, 9.17) is 14.2 Å². The lowest BCUT2D eigenvalue weighted by molar-refractivity contribution is -0.135. The number of aryl methyl sites for hydroxylation is 1. The fraction of sp³-hybridized carbons (Fsp3) is 0.545. The molecule has 3 heterocycles. The summed E-state index contributed by atoms with van der Waals surface area (Å²) < 4.78 is 18.3. The first-order chi connectivity index (χ1) is 26.6. The molecule has 2 fully saturated rings. The first-order valence-electron chi connectivity index (χ1n) is 20.3. The number of aliphatic hydroxyl groups excluding tert-OH is 2. The lowest BCUT2D eigenvalue weighted by Gasteiger charge is -2.36. The Bertz CT molecular complexity index is 1750. The summed E-state index contributed by atoms with van der Waals surface area (Å²) in [4.78, 5) is 31.7. The van der Waals surface area contributed by atoms with Crippen LogP contribution < -0.4 is 24.9 Å². The predicted octanol–water partition coefficient (Wildman–Crippen LogP) is 5.74. The first-order valence-corrected chi connectivity index (χ1v) is 23.4. The average Bonchev–Trinajstić information content (AvgIpc) is 3.80. The zero-order valence-corrected chi connectivity index (χ0v) is 34.3. The molecule has 1 unspecified atom stereocenters. The molecular weight excluding hydrogens is 711 g/mol. The molecule has 0 bridgehead atoms. The number of unbranched alkanes of at least 4 members (excludes halogenated alkanes) is 1. The Labute approximate surface area is 328 Å². The number of rotatable bonds is 17. The van der Waals surface area contributed by atoms with Crippen molar-refractivity contribution >= 4 is 36.4 Å². The normalized spacial score (nSPS) is 23.9. The Kier molecular flexibility index (Phi) is 13.7. The van der Waals surface area contributed by atoms with Gasteiger partial charge in [0.05, 0.1) is 64.8 Å². The van der Waals surface area contributed by atoms with Gasteiger partial charge in [0, 0.05) is 18.8 Å². The van der Waals surface area contributed by atoms with Crippen molar-refractivity contribution in [3.63, 3.8) is 0 Å². The molecule has 0 aromatic heterocycles. The van der Waals surface area contributed by atoms with Crippen LogP contribution in [-0.2, 0) is 27.2 Å². The van der Waals surface area contributed by atoms with Gasteiger partial charge in [-0.15, -0.1) is 0 Å². The van der Waals surface area contributed by atoms with E-state index in [2.05, 4.69) is 49.6 Å². The zero-order valence-electron chi connectivity index (χ0n) is 33.3. The van der Waals surface area contributed by atoms with Crippen molar-refractivity contribution < 1.29 is 34.0 Å². The molecule has 298 valence electrons. The Morgan fingerprint density at radius 2 is 1.80 bits per heavy atom. The van der Waals surface area contributed by atoms with Crippen LogP contribution in [0.5, 0.6) is 11.5 Å². The van der Waals surface area contributed by atoms with Crippen molar-refractivity contribution in [2.24, 2.45) is 5.92 Å². The molecule has 2 amide bonds. The SMILES string of the molecule is CCOc1ccc2c(c1)CC(NCCCCO)C(=O)N2c1cccc(CC[C@@H]2O[C@H](CC(=O)N3CCC[C@H]3CO)[C@@H]([Si](C)(C)c3ccc(OC)cc3)[C@@H]2C)c1. The van der Waals surface area contributed by atoms with Gasteiger partial charge in [0.2, 0.25) is 11.8 Å². The number of hydrogen-bond donors (Lipinski definition) is 3. The van der Waals surface area contributed by atoms with E-state index in [9.17, 15) is 19.8 Å². The number of aliphatic hydroxyl groups is 2. The van der Waals surface area contributed by atoms with E-state index in [-0.39, 0.29) is 60.8 Å². The van der Waals surface area contributed by atoms with Crippen LogP contribution in [-0.4, -0.2) is 99.3 Å². The summed E-state index contributed by atoms with van der Waals surface area (Å²) in [6, 6.07) is 22.2. The fourth-order valence-corrected chi connectivity index (χ4v) is 13.4. The molecule has 10 nitrogen and oxygen atoms in total. The van der Waals surface area contributed by atoms with Crippen molar-refractivity contribution in [1.29, 1.82) is 0 Å². The van der Waals surface area contributed by atoms with Crippen molar-refractivity contribution in [3.8, 4) is 11.5 Å². The third-order valence-corrected chi connectivity index (χ3v) is 16.6. The lowest BCUT2D eigenvalue weighted by atomic mass is 9.94. The Morgan fingerprint density at radius 1 is 1.02 bits per heavy atom. The summed E-state index contributed by atoms with van der Waals surface area (Å²) in [6.45, 7) is 11.1. The molecule has 0 saturated carbocycles. The molecule has 0 spiro atoms. The highest BCUT2D eigenvalue weighted by Crippen LogP contribution is 2.47. The maximum Gasteiger partial charge on any atom is 0.249 e. The minimum absolute atomic E-state index is 0.00437. The number of carbonyl (C=O) groups is 2. The molecule has 3 N–H and O–H groups in total. The summed E-state index contributed by atoms with van der Waals surface area (Å²) in [5.41, 5.74) is 4.08. The smallest absolute Gasteiger partial charge is 0.249 e. The predicted molar refractivity (Wildman–Crippen MR) is 219 cm³/mol. The maximum atomic E-state index is 14.1. The average molecular weight is 772 g/mol. The number of amides is 2. The van der Waals surface area contributed by atoms with Gasteiger partial charge >= 0.3 is 0 Å². The molecule has 0 radical (unpaired) electrons. The fourth-order valence-electron chi connectivity index (χ4n) is 9.37.